The van der Waals surface area contributed by atoms with Gasteiger partial charge in [0.05, 0.1) is 12.0 Å². The van der Waals surface area contributed by atoms with Gasteiger partial charge < -0.3 is 9.84 Å². The van der Waals surface area contributed by atoms with Gasteiger partial charge in [0, 0.05) is 6.61 Å². The van der Waals surface area contributed by atoms with Crippen LogP contribution in [0.2, 0.25) is 0 Å². The van der Waals surface area contributed by atoms with Crippen LogP contribution in [-0.2, 0) is 9.53 Å². The zero-order chi connectivity index (χ0) is 11.7. The van der Waals surface area contributed by atoms with E-state index in [1.165, 1.54) is 0 Å². The monoisotopic (exact) mass is 214 g/mol. The molecule has 0 aliphatic carbocycles. The summed E-state index contributed by atoms with van der Waals surface area (Å²) in [5.41, 5.74) is -0.272. The number of hydrogen-bond donors (Lipinski definition) is 1. The lowest BCUT2D eigenvalue weighted by Crippen LogP contribution is -2.45. The highest BCUT2D eigenvalue weighted by Gasteiger charge is 2.44. The van der Waals surface area contributed by atoms with Gasteiger partial charge in [-0.2, -0.15) is 0 Å². The van der Waals surface area contributed by atoms with Crippen molar-refractivity contribution in [3.8, 4) is 0 Å². The third-order valence-electron chi connectivity index (χ3n) is 3.60. The number of carboxylic acid groups (broad SMARTS) is 1. The smallest absolute Gasteiger partial charge is 0.303 e. The van der Waals surface area contributed by atoms with E-state index in [0.717, 1.165) is 12.8 Å². The van der Waals surface area contributed by atoms with Crippen molar-refractivity contribution in [3.05, 3.63) is 0 Å². The summed E-state index contributed by atoms with van der Waals surface area (Å²) in [6.45, 7) is 9.00. The third-order valence-corrected chi connectivity index (χ3v) is 3.60. The van der Waals surface area contributed by atoms with Crippen LogP contribution < -0.4 is 0 Å². The lowest BCUT2D eigenvalue weighted by Gasteiger charge is -2.46. The van der Waals surface area contributed by atoms with Gasteiger partial charge >= 0.3 is 5.97 Å². The van der Waals surface area contributed by atoms with E-state index in [0.29, 0.717) is 12.5 Å². The topological polar surface area (TPSA) is 46.5 Å². The van der Waals surface area contributed by atoms with Crippen molar-refractivity contribution < 1.29 is 14.6 Å². The summed E-state index contributed by atoms with van der Waals surface area (Å²) in [5.74, 6) is -0.307. The molecule has 1 fully saturated rings. The highest BCUT2D eigenvalue weighted by molar-refractivity contribution is 5.67. The molecule has 0 saturated carbocycles. The van der Waals surface area contributed by atoms with Crippen LogP contribution >= 0.6 is 0 Å². The van der Waals surface area contributed by atoms with E-state index in [2.05, 4.69) is 13.8 Å². The molecule has 1 aliphatic heterocycles. The molecule has 1 aliphatic rings. The molecule has 88 valence electrons. The van der Waals surface area contributed by atoms with Crippen LogP contribution in [0.5, 0.6) is 0 Å². The Labute approximate surface area is 91.8 Å². The van der Waals surface area contributed by atoms with Gasteiger partial charge in [-0.25, -0.2) is 0 Å². The summed E-state index contributed by atoms with van der Waals surface area (Å²) in [7, 11) is 0. The minimum Gasteiger partial charge on any atom is -0.481 e. The zero-order valence-electron chi connectivity index (χ0n) is 10.2. The van der Waals surface area contributed by atoms with Gasteiger partial charge in [0.25, 0.3) is 0 Å². The molecule has 1 N–H and O–H groups in total. The van der Waals surface area contributed by atoms with Crippen molar-refractivity contribution in [2.75, 3.05) is 6.61 Å². The predicted octanol–water partition coefficient (Wildman–Crippen LogP) is 2.69. The first-order valence-electron chi connectivity index (χ1n) is 5.63. The van der Waals surface area contributed by atoms with Crippen LogP contribution in [0.3, 0.4) is 0 Å². The van der Waals surface area contributed by atoms with Crippen LogP contribution in [0, 0.1) is 11.3 Å². The highest BCUT2D eigenvalue weighted by Crippen LogP contribution is 2.46. The first-order chi connectivity index (χ1) is 6.77. The van der Waals surface area contributed by atoms with Crippen molar-refractivity contribution in [3.63, 3.8) is 0 Å². The molecule has 0 amide bonds. The maximum Gasteiger partial charge on any atom is 0.303 e. The van der Waals surface area contributed by atoms with Gasteiger partial charge in [-0.3, -0.25) is 4.79 Å². The van der Waals surface area contributed by atoms with Crippen molar-refractivity contribution in [2.45, 2.75) is 52.6 Å². The standard InChI is InChI=1S/C12H22O3/c1-9(2)12(7-10(13)14)5-6-15-11(3,4)8-12/h9H,5-8H2,1-4H3,(H,13,14)/t12-/m0/s1. The summed E-state index contributed by atoms with van der Waals surface area (Å²) in [6.07, 6.45) is 1.96. The molecule has 0 aromatic heterocycles. The largest absolute Gasteiger partial charge is 0.481 e. The Morgan fingerprint density at radius 1 is 1.47 bits per heavy atom. The Kier molecular flexibility index (Phi) is 3.44. The molecule has 0 aromatic rings. The number of rotatable bonds is 3. The summed E-state index contributed by atoms with van der Waals surface area (Å²) < 4.78 is 5.66. The average Bonchev–Trinajstić information content (AvgIpc) is 1.99. The van der Waals surface area contributed by atoms with Crippen LogP contribution in [0.1, 0.15) is 47.0 Å². The van der Waals surface area contributed by atoms with Gasteiger partial charge in [-0.05, 0) is 38.0 Å². The van der Waals surface area contributed by atoms with Gasteiger partial charge in [0.15, 0.2) is 0 Å². The Bertz CT molecular complexity index is 245. The minimum absolute atomic E-state index is 0.0897. The molecule has 1 saturated heterocycles. The molecule has 3 heteroatoms. The second kappa shape index (κ2) is 4.12. The lowest BCUT2D eigenvalue weighted by molar-refractivity contribution is -0.152. The third kappa shape index (κ3) is 2.94. The van der Waals surface area contributed by atoms with Crippen LogP contribution in [0.15, 0.2) is 0 Å². The first kappa shape index (κ1) is 12.5. The van der Waals surface area contributed by atoms with Crippen molar-refractivity contribution in [2.24, 2.45) is 11.3 Å². The SMILES string of the molecule is CC(C)[C@]1(CC(=O)O)CCOC(C)(C)C1. The molecule has 1 atom stereocenters. The molecule has 0 bridgehead atoms. The molecule has 1 rings (SSSR count). The summed E-state index contributed by atoms with van der Waals surface area (Å²) in [4.78, 5) is 10.9. The molecular formula is C12H22O3. The number of aliphatic carboxylic acids is 1. The average molecular weight is 214 g/mol. The Morgan fingerprint density at radius 3 is 2.47 bits per heavy atom. The van der Waals surface area contributed by atoms with Crippen molar-refractivity contribution >= 4 is 5.97 Å². The first-order valence-corrected chi connectivity index (χ1v) is 5.63. The van der Waals surface area contributed by atoms with E-state index >= 15 is 0 Å². The van der Waals surface area contributed by atoms with Crippen molar-refractivity contribution in [1.82, 2.24) is 0 Å². The Hall–Kier alpha value is -0.570. The van der Waals surface area contributed by atoms with E-state index in [-0.39, 0.29) is 17.4 Å². The molecule has 0 radical (unpaired) electrons. The van der Waals surface area contributed by atoms with E-state index in [9.17, 15) is 4.79 Å². The second-order valence-electron chi connectivity index (χ2n) is 5.62. The molecule has 0 unspecified atom stereocenters. The van der Waals surface area contributed by atoms with Gasteiger partial charge in [-0.15, -0.1) is 0 Å². The number of carbonyl (C=O) groups is 1. The van der Waals surface area contributed by atoms with Gasteiger partial charge in [0.1, 0.15) is 0 Å². The van der Waals surface area contributed by atoms with E-state index in [1.807, 2.05) is 13.8 Å². The highest BCUT2D eigenvalue weighted by atomic mass is 16.5. The lowest BCUT2D eigenvalue weighted by atomic mass is 9.65. The van der Waals surface area contributed by atoms with Crippen molar-refractivity contribution in [1.29, 1.82) is 0 Å². The van der Waals surface area contributed by atoms with Crippen LogP contribution in [-0.4, -0.2) is 23.3 Å². The maximum atomic E-state index is 10.9. The number of ether oxygens (including phenoxy) is 1. The van der Waals surface area contributed by atoms with Crippen LogP contribution in [0.4, 0.5) is 0 Å². The zero-order valence-corrected chi connectivity index (χ0v) is 10.2. The van der Waals surface area contributed by atoms with E-state index < -0.39 is 5.97 Å². The molecule has 0 aromatic carbocycles. The predicted molar refractivity (Wildman–Crippen MR) is 58.8 cm³/mol. The normalized spacial score (nSPS) is 30.5. The molecule has 0 spiro atoms. The fourth-order valence-corrected chi connectivity index (χ4v) is 2.67. The quantitative estimate of drug-likeness (QED) is 0.785. The van der Waals surface area contributed by atoms with Crippen LogP contribution in [0.25, 0.3) is 0 Å². The fourth-order valence-electron chi connectivity index (χ4n) is 2.67. The molecule has 3 nitrogen and oxygen atoms in total. The molecule has 15 heavy (non-hydrogen) atoms. The van der Waals surface area contributed by atoms with E-state index in [4.69, 9.17) is 9.84 Å². The Morgan fingerprint density at radius 2 is 2.07 bits per heavy atom. The Balaban J connectivity index is 2.85. The minimum atomic E-state index is -0.693. The maximum absolute atomic E-state index is 10.9. The fraction of sp³-hybridized carbons (Fsp3) is 0.917. The van der Waals surface area contributed by atoms with Gasteiger partial charge in [0.2, 0.25) is 0 Å². The molecule has 1 heterocycles. The van der Waals surface area contributed by atoms with Gasteiger partial charge in [-0.1, -0.05) is 13.8 Å². The molecular weight excluding hydrogens is 192 g/mol. The summed E-state index contributed by atoms with van der Waals surface area (Å²) in [5, 5.41) is 9.01. The summed E-state index contributed by atoms with van der Waals surface area (Å²) in [6, 6.07) is 0. The summed E-state index contributed by atoms with van der Waals surface area (Å²) >= 11 is 0. The second-order valence-corrected chi connectivity index (χ2v) is 5.62. The van der Waals surface area contributed by atoms with E-state index in [1.54, 1.807) is 0 Å². The number of hydrogen-bond acceptors (Lipinski definition) is 2. The number of carboxylic acids is 1.